The predicted molar refractivity (Wildman–Crippen MR) is 134 cm³/mol. The number of aliphatic carboxylic acids is 1. The summed E-state index contributed by atoms with van der Waals surface area (Å²) in [5.41, 5.74) is 0.0796. The minimum atomic E-state index is -0.649. The van der Waals surface area contributed by atoms with Gasteiger partial charge in [0.05, 0.1) is 17.6 Å². The van der Waals surface area contributed by atoms with E-state index < -0.39 is 17.5 Å². The van der Waals surface area contributed by atoms with E-state index in [1.54, 1.807) is 0 Å². The molecule has 34 heavy (non-hydrogen) atoms. The molecule has 0 bridgehead atoms. The standard InChI is InChI=1S/C30H48O4/c1-17-10-13-30(25(33)34)15-14-28(6)19(24(30)18(17)2)8-9-20-27(5)12-11-22(31)26(3,4)21(27)16-23(32)29(20,28)7/h8,17-18,20-24,31-32H,9-16H2,1-7H3,(H,33,34)/t17-,18+,20?,21?,22+,23-,24+,27-,28-,29+,30+/m1/s1. The Labute approximate surface area is 206 Å². The summed E-state index contributed by atoms with van der Waals surface area (Å²) in [6, 6.07) is 0. The number of carboxylic acid groups (broad SMARTS) is 1. The van der Waals surface area contributed by atoms with Gasteiger partial charge < -0.3 is 15.3 Å². The Morgan fingerprint density at radius 3 is 2.24 bits per heavy atom. The van der Waals surface area contributed by atoms with Gasteiger partial charge in [0.1, 0.15) is 0 Å². The van der Waals surface area contributed by atoms with Gasteiger partial charge in [0.15, 0.2) is 0 Å². The predicted octanol–water partition coefficient (Wildman–Crippen LogP) is 6.06. The summed E-state index contributed by atoms with van der Waals surface area (Å²) in [6.07, 6.45) is 8.53. The van der Waals surface area contributed by atoms with Gasteiger partial charge in [0, 0.05) is 5.41 Å². The first-order chi connectivity index (χ1) is 15.7. The summed E-state index contributed by atoms with van der Waals surface area (Å²) in [5.74, 6) is 0.931. The molecule has 0 radical (unpaired) electrons. The van der Waals surface area contributed by atoms with E-state index in [4.69, 9.17) is 0 Å². The molecule has 3 N–H and O–H groups in total. The minimum absolute atomic E-state index is 0.0626. The second kappa shape index (κ2) is 7.34. The number of rotatable bonds is 1. The topological polar surface area (TPSA) is 77.8 Å². The highest BCUT2D eigenvalue weighted by atomic mass is 16.4. The van der Waals surface area contributed by atoms with Crippen molar-refractivity contribution in [3.63, 3.8) is 0 Å². The molecule has 5 aliphatic rings. The molecular formula is C30H48O4. The zero-order chi connectivity index (χ0) is 25.1. The molecule has 4 heteroatoms. The first kappa shape index (κ1) is 24.8. The first-order valence-electron chi connectivity index (χ1n) is 14.0. The molecule has 5 aliphatic carbocycles. The largest absolute Gasteiger partial charge is 0.481 e. The lowest BCUT2D eigenvalue weighted by molar-refractivity contribution is -0.245. The average molecular weight is 473 g/mol. The van der Waals surface area contributed by atoms with E-state index >= 15 is 0 Å². The zero-order valence-corrected chi connectivity index (χ0v) is 22.5. The van der Waals surface area contributed by atoms with Gasteiger partial charge in [-0.1, -0.05) is 60.1 Å². The van der Waals surface area contributed by atoms with Crippen molar-refractivity contribution in [2.24, 2.45) is 56.7 Å². The number of fused-ring (bicyclic) bond motifs is 7. The van der Waals surface area contributed by atoms with Gasteiger partial charge in [-0.3, -0.25) is 4.79 Å². The van der Waals surface area contributed by atoms with E-state index in [9.17, 15) is 20.1 Å². The first-order valence-corrected chi connectivity index (χ1v) is 14.0. The van der Waals surface area contributed by atoms with Crippen LogP contribution in [0.4, 0.5) is 0 Å². The lowest BCUT2D eigenvalue weighted by Crippen LogP contribution is -2.69. The maximum atomic E-state index is 12.8. The SMILES string of the molecule is C[C@H]1[C@H](C)CC[C@]2(C(=O)O)CC[C@]3(C)C(=CCC4[C@@]5(C)CC[C@H](O)C(C)(C)C5C[C@@H](O)[C@]43C)[C@H]12. The van der Waals surface area contributed by atoms with Gasteiger partial charge in [0.25, 0.3) is 0 Å². The van der Waals surface area contributed by atoms with Crippen molar-refractivity contribution in [1.29, 1.82) is 0 Å². The van der Waals surface area contributed by atoms with Crippen LogP contribution in [0.25, 0.3) is 0 Å². The van der Waals surface area contributed by atoms with E-state index in [0.717, 1.165) is 51.4 Å². The van der Waals surface area contributed by atoms with Crippen LogP contribution in [0, 0.1) is 56.7 Å². The number of aliphatic hydroxyl groups is 2. The minimum Gasteiger partial charge on any atom is -0.481 e. The Hall–Kier alpha value is -0.870. The summed E-state index contributed by atoms with van der Waals surface area (Å²) >= 11 is 0. The van der Waals surface area contributed by atoms with Gasteiger partial charge in [0.2, 0.25) is 0 Å². The van der Waals surface area contributed by atoms with Crippen molar-refractivity contribution in [2.75, 3.05) is 0 Å². The van der Waals surface area contributed by atoms with E-state index in [1.807, 2.05) is 0 Å². The Morgan fingerprint density at radius 1 is 0.912 bits per heavy atom. The van der Waals surface area contributed by atoms with Crippen LogP contribution in [0.5, 0.6) is 0 Å². The molecule has 2 unspecified atom stereocenters. The van der Waals surface area contributed by atoms with Crippen molar-refractivity contribution in [2.45, 2.75) is 112 Å². The van der Waals surface area contributed by atoms with E-state index in [-0.39, 0.29) is 39.6 Å². The third-order valence-electron chi connectivity index (χ3n) is 13.5. The van der Waals surface area contributed by atoms with Crippen LogP contribution in [0.2, 0.25) is 0 Å². The number of hydrogen-bond donors (Lipinski definition) is 3. The molecule has 0 spiro atoms. The molecule has 4 fully saturated rings. The van der Waals surface area contributed by atoms with Crippen LogP contribution in [0.1, 0.15) is 99.8 Å². The molecule has 4 nitrogen and oxygen atoms in total. The summed E-state index contributed by atoms with van der Waals surface area (Å²) < 4.78 is 0. The summed E-state index contributed by atoms with van der Waals surface area (Å²) in [6.45, 7) is 16.2. The van der Waals surface area contributed by atoms with Gasteiger partial charge >= 0.3 is 5.97 Å². The van der Waals surface area contributed by atoms with Crippen LogP contribution in [0.15, 0.2) is 11.6 Å². The van der Waals surface area contributed by atoms with Gasteiger partial charge in [-0.25, -0.2) is 0 Å². The number of allylic oxidation sites excluding steroid dienone is 2. The molecule has 0 aromatic heterocycles. The highest BCUT2D eigenvalue weighted by molar-refractivity contribution is 5.76. The van der Waals surface area contributed by atoms with Crippen LogP contribution >= 0.6 is 0 Å². The zero-order valence-electron chi connectivity index (χ0n) is 22.5. The maximum absolute atomic E-state index is 12.8. The Bertz CT molecular complexity index is 907. The van der Waals surface area contributed by atoms with Crippen molar-refractivity contribution >= 4 is 5.97 Å². The second-order valence-corrected chi connectivity index (χ2v) is 14.6. The smallest absolute Gasteiger partial charge is 0.310 e. The molecule has 0 aromatic carbocycles. The quantitative estimate of drug-likeness (QED) is 0.405. The average Bonchev–Trinajstić information content (AvgIpc) is 2.76. The molecule has 4 saturated carbocycles. The van der Waals surface area contributed by atoms with E-state index in [1.165, 1.54) is 5.57 Å². The Morgan fingerprint density at radius 2 is 1.59 bits per heavy atom. The number of carboxylic acids is 1. The fraction of sp³-hybridized carbons (Fsp3) is 0.900. The van der Waals surface area contributed by atoms with Crippen LogP contribution in [-0.2, 0) is 4.79 Å². The summed E-state index contributed by atoms with van der Waals surface area (Å²) in [4.78, 5) is 12.8. The molecule has 0 aliphatic heterocycles. The molecule has 0 saturated heterocycles. The van der Waals surface area contributed by atoms with Gasteiger partial charge in [-0.2, -0.15) is 0 Å². The van der Waals surface area contributed by atoms with E-state index in [0.29, 0.717) is 17.8 Å². The van der Waals surface area contributed by atoms with Crippen molar-refractivity contribution < 1.29 is 20.1 Å². The van der Waals surface area contributed by atoms with Crippen LogP contribution in [-0.4, -0.2) is 33.5 Å². The number of aliphatic hydroxyl groups excluding tert-OH is 2. The Kier molecular flexibility index (Phi) is 5.36. The highest BCUT2D eigenvalue weighted by Crippen LogP contribution is 2.75. The van der Waals surface area contributed by atoms with Crippen molar-refractivity contribution in [1.82, 2.24) is 0 Å². The van der Waals surface area contributed by atoms with Gasteiger partial charge in [-0.05, 0) is 97.2 Å². The third-order valence-corrected chi connectivity index (χ3v) is 13.5. The number of hydrogen-bond acceptors (Lipinski definition) is 3. The van der Waals surface area contributed by atoms with Crippen molar-refractivity contribution in [3.05, 3.63) is 11.6 Å². The Balaban J connectivity index is 1.65. The fourth-order valence-electron chi connectivity index (χ4n) is 10.8. The third kappa shape index (κ3) is 2.71. The molecule has 0 heterocycles. The molecule has 192 valence electrons. The summed E-state index contributed by atoms with van der Waals surface area (Å²) in [7, 11) is 0. The molecule has 11 atom stereocenters. The second-order valence-electron chi connectivity index (χ2n) is 14.6. The summed E-state index contributed by atoms with van der Waals surface area (Å²) in [5, 5.41) is 33.4. The number of carbonyl (C=O) groups is 1. The fourth-order valence-corrected chi connectivity index (χ4v) is 10.8. The van der Waals surface area contributed by atoms with E-state index in [2.05, 4.69) is 54.5 Å². The maximum Gasteiger partial charge on any atom is 0.310 e. The molecular weight excluding hydrogens is 424 g/mol. The van der Waals surface area contributed by atoms with Gasteiger partial charge in [-0.15, -0.1) is 0 Å². The molecule has 0 aromatic rings. The lowest BCUT2D eigenvalue weighted by atomic mass is 9.32. The lowest BCUT2D eigenvalue weighted by Gasteiger charge is -2.72. The molecule has 0 amide bonds. The van der Waals surface area contributed by atoms with Crippen LogP contribution in [0.3, 0.4) is 0 Å². The normalized spacial score (nSPS) is 56.3. The highest BCUT2D eigenvalue weighted by Gasteiger charge is 2.71. The van der Waals surface area contributed by atoms with Crippen molar-refractivity contribution in [3.8, 4) is 0 Å². The molecule has 5 rings (SSSR count). The monoisotopic (exact) mass is 472 g/mol. The van der Waals surface area contributed by atoms with Crippen LogP contribution < -0.4 is 0 Å².